The molecule has 2 amide bonds. The highest BCUT2D eigenvalue weighted by Gasteiger charge is 2.29. The first-order valence-corrected chi connectivity index (χ1v) is 8.58. The molecule has 2 aromatic rings. The molecule has 5 nitrogen and oxygen atoms in total. The van der Waals surface area contributed by atoms with Gasteiger partial charge in [0.15, 0.2) is 0 Å². The fourth-order valence-corrected chi connectivity index (χ4v) is 2.56. The Morgan fingerprint density at radius 1 is 1.08 bits per heavy atom. The number of hydrogen-bond donors (Lipinski definition) is 3. The highest BCUT2D eigenvalue weighted by molar-refractivity contribution is 5.94. The summed E-state index contributed by atoms with van der Waals surface area (Å²) in [5.74, 6) is 0.190. The van der Waals surface area contributed by atoms with Gasteiger partial charge in [-0.25, -0.2) is 0 Å². The Labute approximate surface area is 147 Å². The molecule has 0 unspecified atom stereocenters. The molecule has 0 aliphatic heterocycles. The van der Waals surface area contributed by atoms with E-state index >= 15 is 0 Å². The largest absolute Gasteiger partial charge is 0.376 e. The normalized spacial score (nSPS) is 13.2. The van der Waals surface area contributed by atoms with Gasteiger partial charge in [0.25, 0.3) is 0 Å². The molecule has 0 spiro atoms. The van der Waals surface area contributed by atoms with Gasteiger partial charge < -0.3 is 16.0 Å². The molecule has 0 heterocycles. The minimum atomic E-state index is -0.0735. The molecule has 3 rings (SSSR count). The summed E-state index contributed by atoms with van der Waals surface area (Å²) < 4.78 is 0. The van der Waals surface area contributed by atoms with Crippen molar-refractivity contribution in [3.63, 3.8) is 0 Å². The van der Waals surface area contributed by atoms with Crippen LogP contribution >= 0.6 is 0 Å². The summed E-state index contributed by atoms with van der Waals surface area (Å²) >= 11 is 0. The van der Waals surface area contributed by atoms with Gasteiger partial charge in [0.2, 0.25) is 11.8 Å². The van der Waals surface area contributed by atoms with Crippen LogP contribution in [-0.4, -0.2) is 18.4 Å². The molecular formula is C20H23N3O2. The lowest BCUT2D eigenvalue weighted by Crippen LogP contribution is -2.29. The molecule has 3 N–H and O–H groups in total. The first-order chi connectivity index (χ1) is 12.1. The number of amides is 2. The van der Waals surface area contributed by atoms with E-state index in [9.17, 15) is 9.59 Å². The van der Waals surface area contributed by atoms with Crippen molar-refractivity contribution in [2.75, 3.05) is 17.2 Å². The van der Waals surface area contributed by atoms with Gasteiger partial charge in [-0.15, -0.1) is 0 Å². The Kier molecular flexibility index (Phi) is 5.33. The van der Waals surface area contributed by atoms with Crippen molar-refractivity contribution < 1.29 is 9.59 Å². The third-order valence-corrected chi connectivity index (χ3v) is 4.22. The lowest BCUT2D eigenvalue weighted by atomic mass is 10.2. The molecular weight excluding hydrogens is 314 g/mol. The van der Waals surface area contributed by atoms with Crippen LogP contribution in [0.4, 0.5) is 11.4 Å². The van der Waals surface area contributed by atoms with Crippen molar-refractivity contribution in [1.29, 1.82) is 0 Å². The maximum atomic E-state index is 12.0. The second-order valence-corrected chi connectivity index (χ2v) is 6.41. The first-order valence-electron chi connectivity index (χ1n) is 8.58. The van der Waals surface area contributed by atoms with Crippen molar-refractivity contribution in [2.24, 2.45) is 5.92 Å². The third kappa shape index (κ3) is 5.08. The van der Waals surface area contributed by atoms with Crippen LogP contribution < -0.4 is 16.0 Å². The topological polar surface area (TPSA) is 70.2 Å². The van der Waals surface area contributed by atoms with Crippen LogP contribution in [0.25, 0.3) is 0 Å². The maximum Gasteiger partial charge on any atom is 0.239 e. The zero-order chi connectivity index (χ0) is 17.6. The average molecular weight is 337 g/mol. The van der Waals surface area contributed by atoms with E-state index in [1.54, 1.807) is 0 Å². The van der Waals surface area contributed by atoms with E-state index in [1.807, 2.05) is 55.5 Å². The zero-order valence-corrected chi connectivity index (χ0v) is 14.3. The highest BCUT2D eigenvalue weighted by Crippen LogP contribution is 2.30. The second kappa shape index (κ2) is 7.83. The van der Waals surface area contributed by atoms with Gasteiger partial charge in [-0.05, 0) is 49.1 Å². The Morgan fingerprint density at radius 3 is 2.64 bits per heavy atom. The lowest BCUT2D eigenvalue weighted by Gasteiger charge is -2.11. The molecule has 0 saturated heterocycles. The number of rotatable bonds is 7. The number of anilines is 2. The number of carbonyl (C=O) groups is 2. The minimum Gasteiger partial charge on any atom is -0.376 e. The molecule has 2 aromatic carbocycles. The Balaban J connectivity index is 1.46. The van der Waals surface area contributed by atoms with Crippen LogP contribution in [0.2, 0.25) is 0 Å². The van der Waals surface area contributed by atoms with Gasteiger partial charge in [0.05, 0.1) is 6.54 Å². The van der Waals surface area contributed by atoms with E-state index in [2.05, 4.69) is 16.0 Å². The zero-order valence-electron chi connectivity index (χ0n) is 14.3. The molecule has 0 radical (unpaired) electrons. The van der Waals surface area contributed by atoms with E-state index in [-0.39, 0.29) is 24.3 Å². The summed E-state index contributed by atoms with van der Waals surface area (Å²) in [6.07, 6.45) is 1.96. The molecule has 0 atom stereocenters. The highest BCUT2D eigenvalue weighted by atomic mass is 16.2. The van der Waals surface area contributed by atoms with E-state index < -0.39 is 0 Å². The molecule has 1 saturated carbocycles. The maximum absolute atomic E-state index is 12.0. The number of benzene rings is 2. The molecule has 1 aliphatic rings. The van der Waals surface area contributed by atoms with E-state index in [4.69, 9.17) is 0 Å². The summed E-state index contributed by atoms with van der Waals surface area (Å²) in [4.78, 5) is 23.8. The third-order valence-electron chi connectivity index (χ3n) is 4.22. The Hall–Kier alpha value is -2.82. The van der Waals surface area contributed by atoms with Gasteiger partial charge in [-0.1, -0.05) is 30.3 Å². The molecule has 0 bridgehead atoms. The van der Waals surface area contributed by atoms with Gasteiger partial charge >= 0.3 is 0 Å². The summed E-state index contributed by atoms with van der Waals surface area (Å²) in [6.45, 7) is 2.66. The van der Waals surface area contributed by atoms with Crippen molar-refractivity contribution in [2.45, 2.75) is 26.3 Å². The number of hydrogen-bond acceptors (Lipinski definition) is 3. The summed E-state index contributed by atoms with van der Waals surface area (Å²) in [6, 6.07) is 15.4. The predicted molar refractivity (Wildman–Crippen MR) is 99.3 cm³/mol. The van der Waals surface area contributed by atoms with Crippen molar-refractivity contribution in [3.8, 4) is 0 Å². The van der Waals surface area contributed by atoms with Crippen LogP contribution in [0, 0.1) is 12.8 Å². The number of aryl methyl sites for hydroxylation is 1. The predicted octanol–water partition coefficient (Wildman–Crippen LogP) is 3.07. The first kappa shape index (κ1) is 17.0. The Bertz CT molecular complexity index is 769. The lowest BCUT2D eigenvalue weighted by molar-refractivity contribution is -0.119. The van der Waals surface area contributed by atoms with Gasteiger partial charge in [0.1, 0.15) is 0 Å². The molecule has 0 aromatic heterocycles. The standard InChI is InChI=1S/C20H23N3O2/c1-14-5-2-3-8-18(14)21-13-19(24)22-12-15-6-4-7-17(11-15)23-20(25)16-9-10-16/h2-8,11,16,21H,9-10,12-13H2,1H3,(H,22,24)(H,23,25). The minimum absolute atomic E-state index is 0.0735. The monoisotopic (exact) mass is 337 g/mol. The molecule has 25 heavy (non-hydrogen) atoms. The van der Waals surface area contributed by atoms with Crippen LogP contribution in [-0.2, 0) is 16.1 Å². The molecule has 130 valence electrons. The molecule has 1 fully saturated rings. The van der Waals surface area contributed by atoms with Gasteiger partial charge in [-0.3, -0.25) is 9.59 Å². The summed E-state index contributed by atoms with van der Waals surface area (Å²) in [5.41, 5.74) is 3.80. The SMILES string of the molecule is Cc1ccccc1NCC(=O)NCc1cccc(NC(=O)C2CC2)c1. The van der Waals surface area contributed by atoms with E-state index in [1.165, 1.54) is 0 Å². The van der Waals surface area contributed by atoms with Crippen LogP contribution in [0.15, 0.2) is 48.5 Å². The number of para-hydroxylation sites is 1. The average Bonchev–Trinajstić information content (AvgIpc) is 3.45. The van der Waals surface area contributed by atoms with E-state index in [0.717, 1.165) is 35.3 Å². The van der Waals surface area contributed by atoms with Crippen LogP contribution in [0.1, 0.15) is 24.0 Å². The van der Waals surface area contributed by atoms with E-state index in [0.29, 0.717) is 6.54 Å². The number of carbonyl (C=O) groups excluding carboxylic acids is 2. The smallest absolute Gasteiger partial charge is 0.239 e. The van der Waals surface area contributed by atoms with Crippen LogP contribution in [0.5, 0.6) is 0 Å². The van der Waals surface area contributed by atoms with Crippen molar-refractivity contribution in [3.05, 3.63) is 59.7 Å². The molecule has 1 aliphatic carbocycles. The fourth-order valence-electron chi connectivity index (χ4n) is 2.56. The second-order valence-electron chi connectivity index (χ2n) is 6.41. The van der Waals surface area contributed by atoms with Gasteiger partial charge in [-0.2, -0.15) is 0 Å². The summed E-state index contributed by atoms with van der Waals surface area (Å²) in [5, 5.41) is 8.95. The summed E-state index contributed by atoms with van der Waals surface area (Å²) in [7, 11) is 0. The molecule has 5 heteroatoms. The Morgan fingerprint density at radius 2 is 1.88 bits per heavy atom. The van der Waals surface area contributed by atoms with Crippen molar-refractivity contribution in [1.82, 2.24) is 5.32 Å². The number of nitrogens with one attached hydrogen (secondary N) is 3. The van der Waals surface area contributed by atoms with Crippen LogP contribution in [0.3, 0.4) is 0 Å². The van der Waals surface area contributed by atoms with Crippen molar-refractivity contribution >= 4 is 23.2 Å². The quantitative estimate of drug-likeness (QED) is 0.727. The van der Waals surface area contributed by atoms with Gasteiger partial charge in [0, 0.05) is 23.8 Å². The fraction of sp³-hybridized carbons (Fsp3) is 0.300.